The van der Waals surface area contributed by atoms with Crippen LogP contribution in [0.1, 0.15) is 22.6 Å². The third-order valence-corrected chi connectivity index (χ3v) is 5.18. The molecule has 0 saturated heterocycles. The van der Waals surface area contributed by atoms with Gasteiger partial charge in [-0.3, -0.25) is 0 Å². The van der Waals surface area contributed by atoms with Crippen molar-refractivity contribution in [3.8, 4) is 22.4 Å². The van der Waals surface area contributed by atoms with E-state index in [2.05, 4.69) is 28.5 Å². The number of carbonyl (C=O) groups is 1. The molecule has 1 aliphatic carbocycles. The fraction of sp³-hybridized carbons (Fsp3) is 0.174. The lowest BCUT2D eigenvalue weighted by Crippen LogP contribution is -2.14. The lowest BCUT2D eigenvalue weighted by Gasteiger charge is -2.13. The number of hydrogen-bond donors (Lipinski definition) is 4. The quantitative estimate of drug-likeness (QED) is 0.392. The average molecular weight is 374 g/mol. The molecular formula is C23H22N2O3. The molecule has 0 fully saturated rings. The molecule has 0 radical (unpaired) electrons. The van der Waals surface area contributed by atoms with Gasteiger partial charge in [-0.05, 0) is 64.6 Å². The van der Waals surface area contributed by atoms with Crippen LogP contribution in [0.3, 0.4) is 0 Å². The maximum absolute atomic E-state index is 10.5. The Morgan fingerprint density at radius 1 is 1.11 bits per heavy atom. The molecule has 4 rings (SSSR count). The zero-order valence-corrected chi connectivity index (χ0v) is 15.5. The first-order valence-electron chi connectivity index (χ1n) is 9.22. The highest BCUT2D eigenvalue weighted by Gasteiger charge is 2.23. The van der Waals surface area contributed by atoms with Gasteiger partial charge in [0.1, 0.15) is 6.29 Å². The third-order valence-electron chi connectivity index (χ3n) is 5.18. The summed E-state index contributed by atoms with van der Waals surface area (Å²) < 4.78 is 0. The molecule has 1 atom stereocenters. The number of anilines is 1. The Morgan fingerprint density at radius 2 is 1.93 bits per heavy atom. The molecule has 0 spiro atoms. The molecule has 2 aromatic carbocycles. The molecule has 142 valence electrons. The topological polar surface area (TPSA) is 85.3 Å². The van der Waals surface area contributed by atoms with Crippen LogP contribution in [0.15, 0.2) is 54.7 Å². The van der Waals surface area contributed by atoms with Gasteiger partial charge in [-0.1, -0.05) is 30.4 Å². The third kappa shape index (κ3) is 3.38. The number of benzene rings is 2. The van der Waals surface area contributed by atoms with Gasteiger partial charge in [-0.15, -0.1) is 0 Å². The van der Waals surface area contributed by atoms with E-state index in [0.29, 0.717) is 6.54 Å². The molecule has 0 bridgehead atoms. The molecule has 1 aromatic heterocycles. The zero-order valence-electron chi connectivity index (χ0n) is 15.5. The number of aliphatic hydroxyl groups excluding tert-OH is 1. The number of nitrogens with one attached hydrogen (secondary N) is 2. The zero-order chi connectivity index (χ0) is 19.7. The molecule has 28 heavy (non-hydrogen) atoms. The van der Waals surface area contributed by atoms with Gasteiger partial charge in [0.25, 0.3) is 0 Å². The molecule has 4 N–H and O–H groups in total. The Bertz CT molecular complexity index is 1050. The second-order valence-corrected chi connectivity index (χ2v) is 7.02. The van der Waals surface area contributed by atoms with E-state index in [1.807, 2.05) is 49.5 Å². The van der Waals surface area contributed by atoms with Crippen molar-refractivity contribution in [2.45, 2.75) is 19.1 Å². The summed E-state index contributed by atoms with van der Waals surface area (Å²) in [5.74, 6) is -0.361. The van der Waals surface area contributed by atoms with Gasteiger partial charge in [0.15, 0.2) is 6.29 Å². The van der Waals surface area contributed by atoms with Crippen LogP contribution < -0.4 is 5.32 Å². The molecule has 1 heterocycles. The van der Waals surface area contributed by atoms with Gasteiger partial charge >= 0.3 is 0 Å². The first kappa shape index (κ1) is 18.2. The summed E-state index contributed by atoms with van der Waals surface area (Å²) in [6.45, 7) is 2.31. The summed E-state index contributed by atoms with van der Waals surface area (Å²) in [4.78, 5) is 13.9. The van der Waals surface area contributed by atoms with Crippen LogP contribution in [0, 0.1) is 6.92 Å². The minimum atomic E-state index is -1.38. The van der Waals surface area contributed by atoms with Crippen molar-refractivity contribution in [3.63, 3.8) is 0 Å². The van der Waals surface area contributed by atoms with Crippen LogP contribution in [0.4, 0.5) is 5.69 Å². The number of H-pyrrole nitrogens is 1. The van der Waals surface area contributed by atoms with Crippen LogP contribution in [0.5, 0.6) is 0 Å². The molecule has 0 amide bonds. The lowest BCUT2D eigenvalue weighted by molar-refractivity contribution is -0.106. The highest BCUT2D eigenvalue weighted by molar-refractivity contribution is 5.76. The van der Waals surface area contributed by atoms with Crippen molar-refractivity contribution in [3.05, 3.63) is 71.4 Å². The summed E-state index contributed by atoms with van der Waals surface area (Å²) >= 11 is 0. The monoisotopic (exact) mass is 374 g/mol. The maximum Gasteiger partial charge on any atom is 0.161 e. The Hall–Kier alpha value is -3.15. The number of aromatic amines is 1. The highest BCUT2D eigenvalue weighted by Crippen LogP contribution is 2.35. The summed E-state index contributed by atoms with van der Waals surface area (Å²) in [6.07, 6.45) is 5.20. The standard InChI is InChI=1S/C23H22N2O3/c1-14-10-17(4-7-21(14)24-8-9-26)22-12-18(13-25-22)15-2-5-19-16(11-15)3-6-20(19)23(27)28/h2-7,9-13,20,23-25,27-28H,8H2,1H3. The molecule has 5 nitrogen and oxygen atoms in total. The van der Waals surface area contributed by atoms with E-state index in [-0.39, 0.29) is 5.92 Å². The van der Waals surface area contributed by atoms with E-state index in [1.165, 1.54) is 0 Å². The van der Waals surface area contributed by atoms with Gasteiger partial charge < -0.3 is 25.3 Å². The first-order valence-corrected chi connectivity index (χ1v) is 9.22. The van der Waals surface area contributed by atoms with Crippen molar-refractivity contribution in [1.82, 2.24) is 4.98 Å². The Labute approximate surface area is 163 Å². The fourth-order valence-electron chi connectivity index (χ4n) is 3.68. The van der Waals surface area contributed by atoms with Crippen LogP contribution in [-0.4, -0.2) is 34.3 Å². The number of rotatable bonds is 6. The first-order chi connectivity index (χ1) is 13.6. The highest BCUT2D eigenvalue weighted by atomic mass is 16.5. The number of aromatic nitrogens is 1. The van der Waals surface area contributed by atoms with E-state index < -0.39 is 6.29 Å². The molecule has 3 aromatic rings. The summed E-state index contributed by atoms with van der Waals surface area (Å²) in [5, 5.41) is 22.1. The van der Waals surface area contributed by atoms with Crippen LogP contribution in [-0.2, 0) is 4.79 Å². The van der Waals surface area contributed by atoms with Crippen molar-refractivity contribution >= 4 is 18.0 Å². The number of aldehydes is 1. The normalized spacial score (nSPS) is 15.1. The van der Waals surface area contributed by atoms with Crippen molar-refractivity contribution < 1.29 is 15.0 Å². The maximum atomic E-state index is 10.5. The van der Waals surface area contributed by atoms with E-state index >= 15 is 0 Å². The number of aliphatic hydroxyl groups is 2. The number of fused-ring (bicyclic) bond motifs is 1. The molecule has 5 heteroatoms. The van der Waals surface area contributed by atoms with E-state index in [4.69, 9.17) is 0 Å². The Kier molecular flexibility index (Phi) is 4.86. The van der Waals surface area contributed by atoms with Crippen molar-refractivity contribution in [2.75, 3.05) is 11.9 Å². The van der Waals surface area contributed by atoms with Crippen LogP contribution in [0.25, 0.3) is 28.5 Å². The summed E-state index contributed by atoms with van der Waals surface area (Å²) in [5.41, 5.74) is 8.20. The van der Waals surface area contributed by atoms with Gasteiger partial charge in [-0.2, -0.15) is 0 Å². The molecule has 1 unspecified atom stereocenters. The van der Waals surface area contributed by atoms with Crippen molar-refractivity contribution in [1.29, 1.82) is 0 Å². The number of aryl methyl sites for hydroxylation is 1. The smallest absolute Gasteiger partial charge is 0.161 e. The van der Waals surface area contributed by atoms with Gasteiger partial charge in [0, 0.05) is 17.6 Å². The second-order valence-electron chi connectivity index (χ2n) is 7.02. The number of hydrogen-bond acceptors (Lipinski definition) is 4. The predicted octanol–water partition coefficient (Wildman–Crippen LogP) is 3.69. The Balaban J connectivity index is 1.59. The second kappa shape index (κ2) is 7.46. The van der Waals surface area contributed by atoms with Gasteiger partial charge in [-0.25, -0.2) is 0 Å². The predicted molar refractivity (Wildman–Crippen MR) is 111 cm³/mol. The lowest BCUT2D eigenvalue weighted by atomic mass is 9.96. The van der Waals surface area contributed by atoms with E-state index in [9.17, 15) is 15.0 Å². The molecule has 0 saturated carbocycles. The molecule has 0 aliphatic heterocycles. The van der Waals surface area contributed by atoms with Gasteiger partial charge in [0.05, 0.1) is 12.5 Å². The SMILES string of the molecule is Cc1cc(-c2cc(-c3ccc4c(c3)C=CC4C(O)O)c[nH]2)ccc1NCC=O. The number of carbonyl (C=O) groups excluding carboxylic acids is 1. The summed E-state index contributed by atoms with van der Waals surface area (Å²) in [6, 6.07) is 14.2. The minimum Gasteiger partial charge on any atom is -0.378 e. The van der Waals surface area contributed by atoms with Gasteiger partial charge in [0.2, 0.25) is 0 Å². The van der Waals surface area contributed by atoms with Crippen LogP contribution in [0.2, 0.25) is 0 Å². The van der Waals surface area contributed by atoms with Crippen LogP contribution >= 0.6 is 0 Å². The molecule has 1 aliphatic rings. The molecular weight excluding hydrogens is 352 g/mol. The minimum absolute atomic E-state index is 0.299. The average Bonchev–Trinajstić information content (AvgIpc) is 3.33. The summed E-state index contributed by atoms with van der Waals surface area (Å²) in [7, 11) is 0. The van der Waals surface area contributed by atoms with E-state index in [1.54, 1.807) is 0 Å². The van der Waals surface area contributed by atoms with E-state index in [0.717, 1.165) is 51.0 Å². The van der Waals surface area contributed by atoms with Crippen molar-refractivity contribution in [2.24, 2.45) is 0 Å². The largest absolute Gasteiger partial charge is 0.378 e. The fourth-order valence-corrected chi connectivity index (χ4v) is 3.68. The Morgan fingerprint density at radius 3 is 2.68 bits per heavy atom.